The molecule has 40 heavy (non-hydrogen) atoms. The van der Waals surface area contributed by atoms with E-state index in [1.165, 1.54) is 12.4 Å². The number of nitrogens with zero attached hydrogens (tertiary/aromatic N) is 5. The van der Waals surface area contributed by atoms with E-state index in [0.717, 1.165) is 69.2 Å². The summed E-state index contributed by atoms with van der Waals surface area (Å²) in [5, 5.41) is 3.15. The third-order valence-electron chi connectivity index (χ3n) is 7.87. The van der Waals surface area contributed by atoms with Crippen LogP contribution in [0.1, 0.15) is 24.0 Å². The Morgan fingerprint density at radius 3 is 2.15 bits per heavy atom. The SMILES string of the molecule is COc1cc(Nc2ncc(CCc3c(F)c(F)cc(F)c3F)cn2)ccc1N1CCC(N2CCN(C)CC2)CC1. The van der Waals surface area contributed by atoms with Crippen LogP contribution in [0.15, 0.2) is 36.7 Å². The van der Waals surface area contributed by atoms with Crippen molar-refractivity contribution >= 4 is 17.3 Å². The molecular weight excluding hydrogens is 524 g/mol. The maximum atomic E-state index is 13.9. The Labute approximate surface area is 231 Å². The maximum absolute atomic E-state index is 13.9. The number of benzene rings is 2. The highest BCUT2D eigenvalue weighted by atomic mass is 19.2. The van der Waals surface area contributed by atoms with Gasteiger partial charge in [-0.25, -0.2) is 27.5 Å². The third kappa shape index (κ3) is 6.31. The monoisotopic (exact) mass is 558 g/mol. The molecule has 0 amide bonds. The van der Waals surface area contributed by atoms with Crippen molar-refractivity contribution in [2.45, 2.75) is 31.7 Å². The molecule has 214 valence electrons. The molecule has 0 saturated carbocycles. The lowest BCUT2D eigenvalue weighted by atomic mass is 10.0. The largest absolute Gasteiger partial charge is 0.495 e. The van der Waals surface area contributed by atoms with Gasteiger partial charge in [-0.15, -0.1) is 0 Å². The highest BCUT2D eigenvalue weighted by Crippen LogP contribution is 2.34. The number of anilines is 3. The molecule has 3 aromatic rings. The minimum absolute atomic E-state index is 0.116. The molecule has 0 atom stereocenters. The van der Waals surface area contributed by atoms with Crippen LogP contribution < -0.4 is 15.0 Å². The van der Waals surface area contributed by atoms with Gasteiger partial charge in [0.05, 0.1) is 12.8 Å². The van der Waals surface area contributed by atoms with Gasteiger partial charge in [-0.3, -0.25) is 4.90 Å². The number of aromatic nitrogens is 2. The highest BCUT2D eigenvalue weighted by molar-refractivity contribution is 5.67. The second-order valence-electron chi connectivity index (χ2n) is 10.4. The molecule has 2 aromatic carbocycles. The van der Waals surface area contributed by atoms with E-state index in [4.69, 9.17) is 4.74 Å². The summed E-state index contributed by atoms with van der Waals surface area (Å²) in [7, 11) is 3.83. The lowest BCUT2D eigenvalue weighted by Crippen LogP contribution is -2.52. The summed E-state index contributed by atoms with van der Waals surface area (Å²) >= 11 is 0. The number of piperidine rings is 1. The molecule has 0 unspecified atom stereocenters. The van der Waals surface area contributed by atoms with Crippen LogP contribution in [0.25, 0.3) is 0 Å². The zero-order valence-corrected chi connectivity index (χ0v) is 22.8. The first kappa shape index (κ1) is 28.1. The van der Waals surface area contributed by atoms with Gasteiger partial charge in [0.15, 0.2) is 23.3 Å². The number of ether oxygens (including phenoxy) is 1. The molecule has 3 heterocycles. The first-order chi connectivity index (χ1) is 19.3. The lowest BCUT2D eigenvalue weighted by Gasteiger charge is -2.42. The van der Waals surface area contributed by atoms with Gasteiger partial charge in [0, 0.05) is 81.1 Å². The van der Waals surface area contributed by atoms with E-state index in [0.29, 0.717) is 17.6 Å². The minimum Gasteiger partial charge on any atom is -0.495 e. The number of halogens is 4. The number of rotatable bonds is 8. The fourth-order valence-electron chi connectivity index (χ4n) is 5.46. The van der Waals surface area contributed by atoms with E-state index in [1.807, 2.05) is 18.2 Å². The number of hydrogen-bond acceptors (Lipinski definition) is 7. The predicted molar refractivity (Wildman–Crippen MR) is 146 cm³/mol. The van der Waals surface area contributed by atoms with Crippen LogP contribution in [0.4, 0.5) is 34.9 Å². The van der Waals surface area contributed by atoms with Crippen molar-refractivity contribution in [2.24, 2.45) is 0 Å². The number of hydrogen-bond donors (Lipinski definition) is 1. The molecule has 2 aliphatic heterocycles. The Kier molecular flexibility index (Phi) is 8.70. The number of likely N-dealkylation sites (N-methyl/N-ethyl adjacent to an activating group) is 1. The first-order valence-corrected chi connectivity index (χ1v) is 13.6. The van der Waals surface area contributed by atoms with Gasteiger partial charge in [-0.1, -0.05) is 0 Å². The summed E-state index contributed by atoms with van der Waals surface area (Å²) in [5.74, 6) is -4.50. The fourth-order valence-corrected chi connectivity index (χ4v) is 5.46. The van der Waals surface area contributed by atoms with Crippen LogP contribution in [-0.4, -0.2) is 79.2 Å². The molecule has 11 heteroatoms. The van der Waals surface area contributed by atoms with E-state index in [9.17, 15) is 17.6 Å². The summed E-state index contributed by atoms with van der Waals surface area (Å²) in [6.07, 6.45) is 5.16. The van der Waals surface area contributed by atoms with Gasteiger partial charge >= 0.3 is 0 Å². The zero-order valence-electron chi connectivity index (χ0n) is 22.8. The molecule has 0 spiro atoms. The van der Waals surface area contributed by atoms with E-state index in [1.54, 1.807) is 7.11 Å². The van der Waals surface area contributed by atoms with Crippen molar-refractivity contribution in [3.05, 3.63) is 71.1 Å². The van der Waals surface area contributed by atoms with Crippen molar-refractivity contribution in [3.8, 4) is 5.75 Å². The number of piperazine rings is 1. The van der Waals surface area contributed by atoms with Crippen LogP contribution in [0.5, 0.6) is 5.75 Å². The van der Waals surface area contributed by atoms with E-state index in [-0.39, 0.29) is 18.9 Å². The van der Waals surface area contributed by atoms with Crippen LogP contribution in [0, 0.1) is 23.3 Å². The fraction of sp³-hybridized carbons (Fsp3) is 0.448. The molecular formula is C29H34F4N6O. The summed E-state index contributed by atoms with van der Waals surface area (Å²) < 4.78 is 60.5. The molecule has 7 nitrogen and oxygen atoms in total. The summed E-state index contributed by atoms with van der Waals surface area (Å²) in [4.78, 5) is 15.9. The minimum atomic E-state index is -1.42. The third-order valence-corrected chi connectivity index (χ3v) is 7.87. The summed E-state index contributed by atoms with van der Waals surface area (Å²) in [6, 6.07) is 6.73. The first-order valence-electron chi connectivity index (χ1n) is 13.6. The number of nitrogens with one attached hydrogen (secondary N) is 1. The Morgan fingerprint density at radius 1 is 0.875 bits per heavy atom. The maximum Gasteiger partial charge on any atom is 0.227 e. The van der Waals surface area contributed by atoms with Gasteiger partial charge in [-0.2, -0.15) is 0 Å². The van der Waals surface area contributed by atoms with Crippen molar-refractivity contribution < 1.29 is 22.3 Å². The smallest absolute Gasteiger partial charge is 0.227 e. The predicted octanol–water partition coefficient (Wildman–Crippen LogP) is 4.79. The van der Waals surface area contributed by atoms with Gasteiger partial charge in [0.1, 0.15) is 5.75 Å². The normalized spacial score (nSPS) is 17.3. The standard InChI is InChI=1S/C29H34F4N6O/c1-37-11-13-38(14-12-37)21-7-9-39(10-8-21)25-6-4-20(15-26(25)40-2)36-29-34-17-19(18-35-29)3-5-22-27(32)23(30)16-24(31)28(22)33/h4,6,15-18,21H,3,5,7-14H2,1-2H3,(H,34,35,36). The van der Waals surface area contributed by atoms with E-state index in [2.05, 4.69) is 37.0 Å². The molecule has 0 aliphatic carbocycles. The Morgan fingerprint density at radius 2 is 1.52 bits per heavy atom. The van der Waals surface area contributed by atoms with Gasteiger partial charge in [0.2, 0.25) is 5.95 Å². The van der Waals surface area contributed by atoms with Crippen LogP contribution in [0.2, 0.25) is 0 Å². The van der Waals surface area contributed by atoms with Gasteiger partial charge in [-0.05, 0) is 50.4 Å². The Balaban J connectivity index is 1.17. The Bertz CT molecular complexity index is 1280. The quantitative estimate of drug-likeness (QED) is 0.315. The second kappa shape index (κ2) is 12.4. The molecule has 0 bridgehead atoms. The van der Waals surface area contributed by atoms with Crippen LogP contribution >= 0.6 is 0 Å². The van der Waals surface area contributed by atoms with Crippen molar-refractivity contribution in [3.63, 3.8) is 0 Å². The lowest BCUT2D eigenvalue weighted by molar-refractivity contribution is 0.0981. The second-order valence-corrected chi connectivity index (χ2v) is 10.4. The summed E-state index contributed by atoms with van der Waals surface area (Å²) in [6.45, 7) is 6.48. The van der Waals surface area contributed by atoms with Crippen molar-refractivity contribution in [1.29, 1.82) is 0 Å². The molecule has 2 aliphatic rings. The summed E-state index contributed by atoms with van der Waals surface area (Å²) in [5.41, 5.74) is 1.74. The Hall–Kier alpha value is -3.44. The van der Waals surface area contributed by atoms with Gasteiger partial charge < -0.3 is 19.9 Å². The molecule has 2 saturated heterocycles. The number of methoxy groups -OCH3 is 1. The molecule has 1 aromatic heterocycles. The highest BCUT2D eigenvalue weighted by Gasteiger charge is 2.28. The van der Waals surface area contributed by atoms with Crippen LogP contribution in [0.3, 0.4) is 0 Å². The number of aryl methyl sites for hydroxylation is 1. The molecule has 0 radical (unpaired) electrons. The van der Waals surface area contributed by atoms with Crippen LogP contribution in [-0.2, 0) is 12.8 Å². The van der Waals surface area contributed by atoms with Crippen molar-refractivity contribution in [2.75, 3.05) is 63.6 Å². The van der Waals surface area contributed by atoms with E-state index >= 15 is 0 Å². The average Bonchev–Trinajstić information content (AvgIpc) is 2.97. The van der Waals surface area contributed by atoms with Crippen molar-refractivity contribution in [1.82, 2.24) is 19.8 Å². The topological polar surface area (TPSA) is 56.8 Å². The molecule has 5 rings (SSSR count). The zero-order chi connectivity index (χ0) is 28.2. The molecule has 1 N–H and O–H groups in total. The van der Waals surface area contributed by atoms with E-state index < -0.39 is 28.8 Å². The molecule has 2 fully saturated rings. The average molecular weight is 559 g/mol. The van der Waals surface area contributed by atoms with Gasteiger partial charge in [0.25, 0.3) is 0 Å².